The number of non-ortho nitro benzene ring substituents is 1. The van der Waals surface area contributed by atoms with Crippen molar-refractivity contribution >= 4 is 11.6 Å². The Morgan fingerprint density at radius 1 is 1.33 bits per heavy atom. The molecule has 1 rings (SSSR count). The van der Waals surface area contributed by atoms with Crippen LogP contribution in [0.4, 0.5) is 5.69 Å². The average molecular weight is 292 g/mol. The molecular weight excluding hydrogens is 268 g/mol. The van der Waals surface area contributed by atoms with E-state index in [0.717, 1.165) is 24.9 Å². The zero-order valence-electron chi connectivity index (χ0n) is 12.9. The average Bonchev–Trinajstić information content (AvgIpc) is 2.51. The molecule has 2 N–H and O–H groups in total. The fourth-order valence-electron chi connectivity index (χ4n) is 2.00. The van der Waals surface area contributed by atoms with Crippen molar-refractivity contribution in [1.29, 1.82) is 0 Å². The van der Waals surface area contributed by atoms with Crippen molar-refractivity contribution in [2.75, 3.05) is 13.6 Å². The second-order valence-electron chi connectivity index (χ2n) is 4.92. The van der Waals surface area contributed by atoms with Crippen molar-refractivity contribution in [3.8, 4) is 0 Å². The molecule has 0 fully saturated rings. The fraction of sp³-hybridized carbons (Fsp3) is 0.533. The summed E-state index contributed by atoms with van der Waals surface area (Å²) in [7, 11) is 1.72. The van der Waals surface area contributed by atoms with Crippen LogP contribution in [0.15, 0.2) is 29.3 Å². The van der Waals surface area contributed by atoms with Gasteiger partial charge in [-0.1, -0.05) is 38.8 Å². The van der Waals surface area contributed by atoms with Crippen LogP contribution in [0, 0.1) is 16.0 Å². The second-order valence-corrected chi connectivity index (χ2v) is 4.92. The maximum atomic E-state index is 10.7. The van der Waals surface area contributed by atoms with Crippen LogP contribution in [0.3, 0.4) is 0 Å². The lowest BCUT2D eigenvalue weighted by molar-refractivity contribution is -0.384. The predicted octanol–water partition coefficient (Wildman–Crippen LogP) is 2.70. The molecule has 1 aromatic carbocycles. The van der Waals surface area contributed by atoms with E-state index >= 15 is 0 Å². The molecule has 0 aliphatic heterocycles. The van der Waals surface area contributed by atoms with E-state index in [0.29, 0.717) is 18.4 Å². The number of nitro groups is 1. The van der Waals surface area contributed by atoms with E-state index in [9.17, 15) is 10.1 Å². The summed E-state index contributed by atoms with van der Waals surface area (Å²) in [4.78, 5) is 14.5. The molecule has 0 atom stereocenters. The molecule has 0 aliphatic rings. The summed E-state index contributed by atoms with van der Waals surface area (Å²) in [6.07, 6.45) is 2.26. The number of nitro benzene ring substituents is 1. The number of nitrogens with zero attached hydrogens (tertiary/aromatic N) is 2. The van der Waals surface area contributed by atoms with Gasteiger partial charge in [-0.15, -0.1) is 0 Å². The van der Waals surface area contributed by atoms with Gasteiger partial charge in [-0.25, -0.2) is 0 Å². The van der Waals surface area contributed by atoms with E-state index in [-0.39, 0.29) is 10.6 Å². The topological polar surface area (TPSA) is 79.6 Å². The Balaban J connectivity index is 2.52. The third-order valence-corrected chi connectivity index (χ3v) is 3.52. The lowest BCUT2D eigenvalue weighted by Gasteiger charge is -2.16. The van der Waals surface area contributed by atoms with Gasteiger partial charge in [0.1, 0.15) is 0 Å². The zero-order valence-corrected chi connectivity index (χ0v) is 12.9. The van der Waals surface area contributed by atoms with Crippen LogP contribution in [0.25, 0.3) is 0 Å². The Morgan fingerprint density at radius 3 is 2.62 bits per heavy atom. The fourth-order valence-corrected chi connectivity index (χ4v) is 2.00. The summed E-state index contributed by atoms with van der Waals surface area (Å²) in [6, 6.07) is 6.61. The van der Waals surface area contributed by atoms with Crippen molar-refractivity contribution in [1.82, 2.24) is 10.6 Å². The number of aliphatic imine (C=N–C) groups is 1. The SMILES string of the molecule is CCC(CC)CNC(=NC)NCc1cccc([N+](=O)[O-])c1. The molecule has 0 saturated carbocycles. The molecule has 0 unspecified atom stereocenters. The summed E-state index contributed by atoms with van der Waals surface area (Å²) < 4.78 is 0. The van der Waals surface area contributed by atoms with Gasteiger partial charge >= 0.3 is 0 Å². The zero-order chi connectivity index (χ0) is 15.7. The van der Waals surface area contributed by atoms with E-state index in [1.807, 2.05) is 6.07 Å². The third kappa shape index (κ3) is 5.81. The highest BCUT2D eigenvalue weighted by molar-refractivity contribution is 5.79. The number of rotatable bonds is 7. The molecule has 6 heteroatoms. The van der Waals surface area contributed by atoms with Gasteiger partial charge in [-0.3, -0.25) is 15.1 Å². The van der Waals surface area contributed by atoms with Crippen molar-refractivity contribution in [2.45, 2.75) is 33.2 Å². The number of guanidine groups is 1. The number of nitrogens with one attached hydrogen (secondary N) is 2. The first-order valence-electron chi connectivity index (χ1n) is 7.28. The molecule has 0 aliphatic carbocycles. The number of hydrogen-bond acceptors (Lipinski definition) is 3. The van der Waals surface area contributed by atoms with Crippen LogP contribution in [0.2, 0.25) is 0 Å². The second kappa shape index (κ2) is 8.94. The molecule has 21 heavy (non-hydrogen) atoms. The highest BCUT2D eigenvalue weighted by Crippen LogP contribution is 2.12. The van der Waals surface area contributed by atoms with Crippen LogP contribution in [0.5, 0.6) is 0 Å². The predicted molar refractivity (Wildman–Crippen MR) is 85.4 cm³/mol. The van der Waals surface area contributed by atoms with E-state index in [2.05, 4.69) is 29.5 Å². The van der Waals surface area contributed by atoms with E-state index in [1.54, 1.807) is 19.2 Å². The molecule has 0 heterocycles. The van der Waals surface area contributed by atoms with Crippen molar-refractivity contribution in [3.05, 3.63) is 39.9 Å². The summed E-state index contributed by atoms with van der Waals surface area (Å²) >= 11 is 0. The summed E-state index contributed by atoms with van der Waals surface area (Å²) in [5.74, 6) is 1.34. The first-order chi connectivity index (χ1) is 10.1. The lowest BCUT2D eigenvalue weighted by atomic mass is 10.0. The molecule has 0 bridgehead atoms. The van der Waals surface area contributed by atoms with Gasteiger partial charge < -0.3 is 10.6 Å². The molecular formula is C15H24N4O2. The summed E-state index contributed by atoms with van der Waals surface area (Å²) in [5, 5.41) is 17.2. The minimum absolute atomic E-state index is 0.106. The van der Waals surface area contributed by atoms with E-state index < -0.39 is 0 Å². The summed E-state index contributed by atoms with van der Waals surface area (Å²) in [6.45, 7) is 5.73. The Hall–Kier alpha value is -2.11. The quantitative estimate of drug-likeness (QED) is 0.350. The van der Waals surface area contributed by atoms with E-state index in [4.69, 9.17) is 0 Å². The maximum Gasteiger partial charge on any atom is 0.269 e. The van der Waals surface area contributed by atoms with Gasteiger partial charge in [0, 0.05) is 32.3 Å². The van der Waals surface area contributed by atoms with Gasteiger partial charge in [0.05, 0.1) is 4.92 Å². The first kappa shape index (κ1) is 16.9. The van der Waals surface area contributed by atoms with Crippen LogP contribution < -0.4 is 10.6 Å². The van der Waals surface area contributed by atoms with Crippen LogP contribution >= 0.6 is 0 Å². The van der Waals surface area contributed by atoms with Crippen LogP contribution in [0.1, 0.15) is 32.3 Å². The molecule has 0 saturated heterocycles. The van der Waals surface area contributed by atoms with Crippen molar-refractivity contribution < 1.29 is 4.92 Å². The van der Waals surface area contributed by atoms with Gasteiger partial charge in [0.25, 0.3) is 5.69 Å². The molecule has 0 spiro atoms. The molecule has 1 aromatic rings. The van der Waals surface area contributed by atoms with Gasteiger partial charge in [0.15, 0.2) is 5.96 Å². The number of benzene rings is 1. The summed E-state index contributed by atoms with van der Waals surface area (Å²) in [5.41, 5.74) is 0.962. The monoisotopic (exact) mass is 292 g/mol. The molecule has 0 amide bonds. The molecule has 116 valence electrons. The standard InChI is InChI=1S/C15H24N4O2/c1-4-12(5-2)10-17-15(16-3)18-11-13-7-6-8-14(9-13)19(20)21/h6-9,12H,4-5,10-11H2,1-3H3,(H2,16,17,18). The van der Waals surface area contributed by atoms with E-state index in [1.165, 1.54) is 6.07 Å². The Kier molecular flexibility index (Phi) is 7.21. The van der Waals surface area contributed by atoms with Crippen LogP contribution in [-0.4, -0.2) is 24.5 Å². The highest BCUT2D eigenvalue weighted by atomic mass is 16.6. The molecule has 0 aromatic heterocycles. The maximum absolute atomic E-state index is 10.7. The minimum atomic E-state index is -0.385. The van der Waals surface area contributed by atoms with Gasteiger partial charge in [0.2, 0.25) is 0 Å². The minimum Gasteiger partial charge on any atom is -0.356 e. The van der Waals surface area contributed by atoms with Crippen molar-refractivity contribution in [2.24, 2.45) is 10.9 Å². The Labute approximate surface area is 125 Å². The Bertz CT molecular complexity index is 484. The first-order valence-corrected chi connectivity index (χ1v) is 7.28. The normalized spacial score (nSPS) is 11.5. The number of hydrogen-bond donors (Lipinski definition) is 2. The molecule has 0 radical (unpaired) electrons. The Morgan fingerprint density at radius 2 is 2.05 bits per heavy atom. The van der Waals surface area contributed by atoms with Crippen LogP contribution in [-0.2, 0) is 6.54 Å². The lowest BCUT2D eigenvalue weighted by Crippen LogP contribution is -2.39. The van der Waals surface area contributed by atoms with Gasteiger partial charge in [-0.05, 0) is 11.5 Å². The largest absolute Gasteiger partial charge is 0.356 e. The van der Waals surface area contributed by atoms with Crippen molar-refractivity contribution in [3.63, 3.8) is 0 Å². The third-order valence-electron chi connectivity index (χ3n) is 3.52. The smallest absolute Gasteiger partial charge is 0.269 e. The van der Waals surface area contributed by atoms with Gasteiger partial charge in [-0.2, -0.15) is 0 Å². The molecule has 6 nitrogen and oxygen atoms in total. The highest BCUT2D eigenvalue weighted by Gasteiger charge is 2.07.